The number of benzene rings is 1. The molecule has 130 valence electrons. The second kappa shape index (κ2) is 8.48. The first kappa shape index (κ1) is 17.2. The van der Waals surface area contributed by atoms with Crippen LogP contribution in [0.25, 0.3) is 10.9 Å². The van der Waals surface area contributed by atoms with E-state index >= 15 is 0 Å². The second-order valence-electron chi connectivity index (χ2n) is 5.83. The summed E-state index contributed by atoms with van der Waals surface area (Å²) in [5.74, 6) is -0.0642. The Bertz CT molecular complexity index is 839. The SMILES string of the molecule is O=C(CCCNC(=O)c1ccsc1)NCCc1c[nH]c2ccccc12. The summed E-state index contributed by atoms with van der Waals surface area (Å²) in [5, 5.41) is 10.6. The Morgan fingerprint density at radius 2 is 1.96 bits per heavy atom. The van der Waals surface area contributed by atoms with Gasteiger partial charge >= 0.3 is 0 Å². The molecule has 6 heteroatoms. The molecule has 25 heavy (non-hydrogen) atoms. The van der Waals surface area contributed by atoms with Crippen molar-refractivity contribution >= 4 is 34.1 Å². The predicted molar refractivity (Wildman–Crippen MR) is 101 cm³/mol. The Labute approximate surface area is 150 Å². The molecule has 0 spiro atoms. The lowest BCUT2D eigenvalue weighted by atomic mass is 10.1. The molecule has 3 rings (SSSR count). The van der Waals surface area contributed by atoms with Gasteiger partial charge in [0.2, 0.25) is 5.91 Å². The lowest BCUT2D eigenvalue weighted by Gasteiger charge is -2.06. The van der Waals surface area contributed by atoms with Crippen molar-refractivity contribution < 1.29 is 9.59 Å². The van der Waals surface area contributed by atoms with Crippen LogP contribution in [-0.2, 0) is 11.2 Å². The smallest absolute Gasteiger partial charge is 0.252 e. The van der Waals surface area contributed by atoms with E-state index in [1.165, 1.54) is 22.3 Å². The van der Waals surface area contributed by atoms with E-state index in [2.05, 4.69) is 21.7 Å². The summed E-state index contributed by atoms with van der Waals surface area (Å²) in [4.78, 5) is 26.9. The molecule has 0 bridgehead atoms. The van der Waals surface area contributed by atoms with E-state index in [-0.39, 0.29) is 11.8 Å². The minimum Gasteiger partial charge on any atom is -0.361 e. The summed E-state index contributed by atoms with van der Waals surface area (Å²) in [7, 11) is 0. The van der Waals surface area contributed by atoms with Crippen molar-refractivity contribution in [3.05, 3.63) is 58.4 Å². The van der Waals surface area contributed by atoms with E-state index < -0.39 is 0 Å². The van der Waals surface area contributed by atoms with E-state index in [4.69, 9.17) is 0 Å². The van der Waals surface area contributed by atoms with Crippen molar-refractivity contribution in [1.29, 1.82) is 0 Å². The summed E-state index contributed by atoms with van der Waals surface area (Å²) in [5.41, 5.74) is 3.00. The van der Waals surface area contributed by atoms with Gasteiger partial charge in [0.15, 0.2) is 0 Å². The molecule has 3 aromatic rings. The summed E-state index contributed by atoms with van der Waals surface area (Å²) < 4.78 is 0. The molecule has 0 radical (unpaired) electrons. The van der Waals surface area contributed by atoms with Crippen molar-refractivity contribution in [3.8, 4) is 0 Å². The normalized spacial score (nSPS) is 10.7. The maximum Gasteiger partial charge on any atom is 0.252 e. The number of fused-ring (bicyclic) bond motifs is 1. The number of aromatic nitrogens is 1. The number of rotatable bonds is 8. The fourth-order valence-electron chi connectivity index (χ4n) is 2.71. The van der Waals surface area contributed by atoms with Gasteiger partial charge in [-0.15, -0.1) is 0 Å². The second-order valence-corrected chi connectivity index (χ2v) is 6.61. The number of hydrogen-bond donors (Lipinski definition) is 3. The van der Waals surface area contributed by atoms with Crippen LogP contribution in [0.3, 0.4) is 0 Å². The van der Waals surface area contributed by atoms with Gasteiger partial charge in [-0.2, -0.15) is 11.3 Å². The van der Waals surface area contributed by atoms with E-state index in [0.717, 1.165) is 11.9 Å². The number of hydrogen-bond acceptors (Lipinski definition) is 3. The zero-order valence-electron chi connectivity index (χ0n) is 13.9. The number of carbonyl (C=O) groups is 2. The zero-order valence-corrected chi connectivity index (χ0v) is 14.7. The zero-order chi connectivity index (χ0) is 17.5. The Kier molecular flexibility index (Phi) is 5.85. The van der Waals surface area contributed by atoms with Crippen LogP contribution >= 0.6 is 11.3 Å². The first-order valence-electron chi connectivity index (χ1n) is 8.36. The molecule has 1 aromatic carbocycles. The molecule has 0 unspecified atom stereocenters. The van der Waals surface area contributed by atoms with Crippen molar-refractivity contribution in [1.82, 2.24) is 15.6 Å². The fourth-order valence-corrected chi connectivity index (χ4v) is 3.35. The van der Waals surface area contributed by atoms with Crippen LogP contribution in [0.1, 0.15) is 28.8 Å². The fraction of sp³-hybridized carbons (Fsp3) is 0.263. The van der Waals surface area contributed by atoms with Gasteiger partial charge in [0, 0.05) is 47.6 Å². The van der Waals surface area contributed by atoms with E-state index in [1.54, 1.807) is 6.07 Å². The molecule has 0 aliphatic heterocycles. The quantitative estimate of drug-likeness (QED) is 0.543. The summed E-state index contributed by atoms with van der Waals surface area (Å²) in [6, 6.07) is 9.93. The molecule has 0 saturated heterocycles. The Hall–Kier alpha value is -2.60. The molecule has 0 aliphatic carbocycles. The summed E-state index contributed by atoms with van der Waals surface area (Å²) in [6.07, 6.45) is 3.84. The van der Waals surface area contributed by atoms with Crippen molar-refractivity contribution in [2.45, 2.75) is 19.3 Å². The lowest BCUT2D eigenvalue weighted by Crippen LogP contribution is -2.28. The first-order chi connectivity index (χ1) is 12.2. The molecular formula is C19H21N3O2S. The van der Waals surface area contributed by atoms with Crippen LogP contribution in [0.4, 0.5) is 0 Å². The van der Waals surface area contributed by atoms with Gasteiger partial charge in [-0.3, -0.25) is 9.59 Å². The first-order valence-corrected chi connectivity index (χ1v) is 9.30. The number of aromatic amines is 1. The number of nitrogens with one attached hydrogen (secondary N) is 3. The monoisotopic (exact) mass is 355 g/mol. The van der Waals surface area contributed by atoms with E-state index in [1.807, 2.05) is 35.2 Å². The Morgan fingerprint density at radius 1 is 1.08 bits per heavy atom. The molecule has 0 aliphatic rings. The standard InChI is InChI=1S/C19H21N3O2S/c23-18(6-3-9-21-19(24)15-8-11-25-13-15)20-10-7-14-12-22-17-5-2-1-4-16(14)17/h1-2,4-5,8,11-13,22H,3,6-7,9-10H2,(H,20,23)(H,21,24). The van der Waals surface area contributed by atoms with Crippen LogP contribution in [0.2, 0.25) is 0 Å². The van der Waals surface area contributed by atoms with E-state index in [9.17, 15) is 9.59 Å². The Balaban J connectivity index is 1.32. The van der Waals surface area contributed by atoms with Crippen molar-refractivity contribution in [2.75, 3.05) is 13.1 Å². The molecule has 3 N–H and O–H groups in total. The van der Waals surface area contributed by atoms with Crippen LogP contribution in [0.15, 0.2) is 47.3 Å². The largest absolute Gasteiger partial charge is 0.361 e. The highest BCUT2D eigenvalue weighted by atomic mass is 32.1. The van der Waals surface area contributed by atoms with Gasteiger partial charge < -0.3 is 15.6 Å². The average molecular weight is 355 g/mol. The van der Waals surface area contributed by atoms with Gasteiger partial charge in [-0.25, -0.2) is 0 Å². The Morgan fingerprint density at radius 3 is 2.80 bits per heavy atom. The minimum atomic E-state index is -0.0824. The van der Waals surface area contributed by atoms with Crippen LogP contribution < -0.4 is 10.6 Å². The summed E-state index contributed by atoms with van der Waals surface area (Å²) >= 11 is 1.49. The van der Waals surface area contributed by atoms with E-state index in [0.29, 0.717) is 31.5 Å². The van der Waals surface area contributed by atoms with Gasteiger partial charge in [0.1, 0.15) is 0 Å². The van der Waals surface area contributed by atoms with Gasteiger partial charge in [-0.1, -0.05) is 18.2 Å². The molecule has 2 aromatic heterocycles. The highest BCUT2D eigenvalue weighted by Gasteiger charge is 2.07. The predicted octanol–water partition coefficient (Wildman–Crippen LogP) is 3.10. The maximum atomic E-state index is 11.9. The topological polar surface area (TPSA) is 74.0 Å². The molecule has 5 nitrogen and oxygen atoms in total. The summed E-state index contributed by atoms with van der Waals surface area (Å²) in [6.45, 7) is 1.12. The number of amides is 2. The number of carbonyl (C=O) groups excluding carboxylic acids is 2. The average Bonchev–Trinajstić information content (AvgIpc) is 3.29. The molecule has 2 amide bonds. The highest BCUT2D eigenvalue weighted by Crippen LogP contribution is 2.17. The lowest BCUT2D eigenvalue weighted by molar-refractivity contribution is -0.121. The number of thiophene rings is 1. The molecule has 2 heterocycles. The molecule has 0 fully saturated rings. The molecule has 0 saturated carbocycles. The van der Waals surface area contributed by atoms with Crippen LogP contribution in [-0.4, -0.2) is 29.9 Å². The van der Waals surface area contributed by atoms with Crippen molar-refractivity contribution in [2.24, 2.45) is 0 Å². The van der Waals surface area contributed by atoms with Gasteiger partial charge in [0.25, 0.3) is 5.91 Å². The van der Waals surface area contributed by atoms with Gasteiger partial charge in [0.05, 0.1) is 0 Å². The maximum absolute atomic E-state index is 11.9. The molecule has 0 atom stereocenters. The minimum absolute atomic E-state index is 0.0182. The third-order valence-corrected chi connectivity index (χ3v) is 4.72. The number of H-pyrrole nitrogens is 1. The number of para-hydroxylation sites is 1. The van der Waals surface area contributed by atoms with Gasteiger partial charge in [-0.05, 0) is 35.9 Å². The van der Waals surface area contributed by atoms with Crippen LogP contribution in [0, 0.1) is 0 Å². The van der Waals surface area contributed by atoms with Crippen molar-refractivity contribution in [3.63, 3.8) is 0 Å². The third kappa shape index (κ3) is 4.70. The third-order valence-electron chi connectivity index (χ3n) is 4.04. The van der Waals surface area contributed by atoms with Crippen LogP contribution in [0.5, 0.6) is 0 Å². The molecular weight excluding hydrogens is 334 g/mol. The highest BCUT2D eigenvalue weighted by molar-refractivity contribution is 7.08.